The van der Waals surface area contributed by atoms with Gasteiger partial charge in [-0.2, -0.15) is 0 Å². The molecule has 8 heteroatoms. The maximum absolute atomic E-state index is 11.6. The van der Waals surface area contributed by atoms with E-state index in [1.54, 1.807) is 0 Å². The summed E-state index contributed by atoms with van der Waals surface area (Å²) in [7, 11) is 0. The second-order valence-electron chi connectivity index (χ2n) is 4.57. The first-order valence-corrected chi connectivity index (χ1v) is 5.98. The molecule has 1 aliphatic carbocycles. The largest absolute Gasteiger partial charge is 0.333 e. The molecule has 2 aliphatic rings. The fraction of sp³-hybridized carbons (Fsp3) is 0.800. The van der Waals surface area contributed by atoms with Crippen molar-refractivity contribution in [1.82, 2.24) is 10.9 Å². The van der Waals surface area contributed by atoms with Crippen LogP contribution < -0.4 is 22.5 Å². The Kier molecular flexibility index (Phi) is 3.81. The monoisotopic (exact) mass is 258 g/mol. The molecule has 1 saturated carbocycles. The molecule has 2 amide bonds. The molecule has 0 aromatic rings. The standard InChI is InChI=1S/C10H18N4O4/c11-13-8(15)6-7(9(16)14-12)18-10(17-6)4-2-1-3-5-10/h6-7H,1-5,11-12H2,(H,13,15)(H,14,16)/t6-,7-/m1/s1. The summed E-state index contributed by atoms with van der Waals surface area (Å²) in [4.78, 5) is 23.2. The smallest absolute Gasteiger partial charge is 0.266 e. The Morgan fingerprint density at radius 1 is 0.944 bits per heavy atom. The van der Waals surface area contributed by atoms with Crippen LogP contribution in [0.25, 0.3) is 0 Å². The lowest BCUT2D eigenvalue weighted by atomic mass is 9.94. The second-order valence-corrected chi connectivity index (χ2v) is 4.57. The minimum absolute atomic E-state index is 0.592. The van der Waals surface area contributed by atoms with Crippen molar-refractivity contribution in [2.45, 2.75) is 50.1 Å². The highest BCUT2D eigenvalue weighted by Gasteiger charge is 2.53. The lowest BCUT2D eigenvalue weighted by Gasteiger charge is -2.31. The number of hydrogen-bond acceptors (Lipinski definition) is 6. The lowest BCUT2D eigenvalue weighted by Crippen LogP contribution is -2.50. The van der Waals surface area contributed by atoms with Crippen LogP contribution in [-0.2, 0) is 19.1 Å². The van der Waals surface area contributed by atoms with E-state index in [0.717, 1.165) is 19.3 Å². The van der Waals surface area contributed by atoms with E-state index in [1.807, 2.05) is 10.9 Å². The van der Waals surface area contributed by atoms with E-state index in [1.165, 1.54) is 0 Å². The van der Waals surface area contributed by atoms with E-state index in [-0.39, 0.29) is 0 Å². The number of nitrogens with one attached hydrogen (secondary N) is 2. The van der Waals surface area contributed by atoms with Gasteiger partial charge >= 0.3 is 0 Å². The Bertz CT molecular complexity index is 317. The molecule has 102 valence electrons. The molecule has 0 radical (unpaired) electrons. The van der Waals surface area contributed by atoms with Gasteiger partial charge in [0.15, 0.2) is 18.0 Å². The normalized spacial score (nSPS) is 30.1. The summed E-state index contributed by atoms with van der Waals surface area (Å²) in [6, 6.07) is 0. The topological polar surface area (TPSA) is 129 Å². The summed E-state index contributed by atoms with van der Waals surface area (Å²) in [5.74, 6) is 8.11. The second kappa shape index (κ2) is 5.19. The molecule has 1 saturated heterocycles. The molecular weight excluding hydrogens is 240 g/mol. The number of nitrogens with two attached hydrogens (primary N) is 2. The molecule has 18 heavy (non-hydrogen) atoms. The van der Waals surface area contributed by atoms with Gasteiger partial charge in [-0.3, -0.25) is 20.4 Å². The molecule has 0 aromatic heterocycles. The van der Waals surface area contributed by atoms with Crippen LogP contribution in [0, 0.1) is 0 Å². The van der Waals surface area contributed by atoms with Crippen LogP contribution in [0.15, 0.2) is 0 Å². The van der Waals surface area contributed by atoms with E-state index in [9.17, 15) is 9.59 Å². The molecule has 0 bridgehead atoms. The van der Waals surface area contributed by atoms with E-state index in [4.69, 9.17) is 21.2 Å². The summed E-state index contributed by atoms with van der Waals surface area (Å²) < 4.78 is 11.3. The third kappa shape index (κ3) is 2.32. The van der Waals surface area contributed by atoms with Crippen molar-refractivity contribution in [1.29, 1.82) is 0 Å². The number of ether oxygens (including phenoxy) is 2. The van der Waals surface area contributed by atoms with E-state index >= 15 is 0 Å². The van der Waals surface area contributed by atoms with Gasteiger partial charge < -0.3 is 9.47 Å². The average molecular weight is 258 g/mol. The van der Waals surface area contributed by atoms with Crippen molar-refractivity contribution in [3.8, 4) is 0 Å². The zero-order valence-corrected chi connectivity index (χ0v) is 9.98. The first kappa shape index (κ1) is 13.2. The lowest BCUT2D eigenvalue weighted by molar-refractivity contribution is -0.196. The highest BCUT2D eigenvalue weighted by atomic mass is 16.8. The molecule has 1 heterocycles. The van der Waals surface area contributed by atoms with E-state index in [2.05, 4.69) is 0 Å². The molecule has 0 unspecified atom stereocenters. The summed E-state index contributed by atoms with van der Waals surface area (Å²) in [5, 5.41) is 0. The number of hydrazine groups is 2. The first-order valence-electron chi connectivity index (χ1n) is 5.98. The maximum atomic E-state index is 11.6. The highest BCUT2D eigenvalue weighted by Crippen LogP contribution is 2.40. The van der Waals surface area contributed by atoms with Gasteiger partial charge in [0.2, 0.25) is 0 Å². The number of carbonyl (C=O) groups excluding carboxylic acids is 2. The molecule has 2 rings (SSSR count). The number of amides is 2. The number of hydrogen-bond donors (Lipinski definition) is 4. The fourth-order valence-electron chi connectivity index (χ4n) is 2.49. The van der Waals surface area contributed by atoms with Crippen LogP contribution in [0.3, 0.4) is 0 Å². The van der Waals surface area contributed by atoms with Crippen molar-refractivity contribution in [3.63, 3.8) is 0 Å². The summed E-state index contributed by atoms with van der Waals surface area (Å²) in [6.07, 6.45) is 2.18. The summed E-state index contributed by atoms with van der Waals surface area (Å²) >= 11 is 0. The molecule has 2 atom stereocenters. The van der Waals surface area contributed by atoms with Gasteiger partial charge in [-0.15, -0.1) is 0 Å². The molecule has 0 aromatic carbocycles. The predicted molar refractivity (Wildman–Crippen MR) is 60.2 cm³/mol. The Morgan fingerprint density at radius 3 is 1.78 bits per heavy atom. The molecule has 6 N–H and O–H groups in total. The number of carbonyl (C=O) groups is 2. The van der Waals surface area contributed by atoms with Gasteiger partial charge in [-0.05, 0) is 12.8 Å². The van der Waals surface area contributed by atoms with Crippen LogP contribution in [0.5, 0.6) is 0 Å². The molecular formula is C10H18N4O4. The van der Waals surface area contributed by atoms with Gasteiger partial charge in [0.25, 0.3) is 11.8 Å². The minimum Gasteiger partial charge on any atom is -0.333 e. The predicted octanol–water partition coefficient (Wildman–Crippen LogP) is -1.59. The van der Waals surface area contributed by atoms with Gasteiger partial charge in [-0.25, -0.2) is 11.7 Å². The molecule has 2 fully saturated rings. The third-order valence-electron chi connectivity index (χ3n) is 3.38. The van der Waals surface area contributed by atoms with Crippen molar-refractivity contribution in [3.05, 3.63) is 0 Å². The fourth-order valence-corrected chi connectivity index (χ4v) is 2.49. The first-order chi connectivity index (χ1) is 8.62. The average Bonchev–Trinajstić information content (AvgIpc) is 2.77. The van der Waals surface area contributed by atoms with Crippen molar-refractivity contribution in [2.75, 3.05) is 0 Å². The van der Waals surface area contributed by atoms with Gasteiger partial charge in [-0.1, -0.05) is 6.42 Å². The van der Waals surface area contributed by atoms with Crippen LogP contribution in [0.2, 0.25) is 0 Å². The zero-order valence-electron chi connectivity index (χ0n) is 9.98. The zero-order chi connectivity index (χ0) is 13.2. The highest BCUT2D eigenvalue weighted by molar-refractivity contribution is 5.91. The van der Waals surface area contributed by atoms with Crippen LogP contribution >= 0.6 is 0 Å². The third-order valence-corrected chi connectivity index (χ3v) is 3.38. The van der Waals surface area contributed by atoms with Crippen LogP contribution in [-0.4, -0.2) is 29.8 Å². The van der Waals surface area contributed by atoms with Gasteiger partial charge in [0.05, 0.1) is 0 Å². The van der Waals surface area contributed by atoms with Crippen molar-refractivity contribution in [2.24, 2.45) is 11.7 Å². The number of rotatable bonds is 2. The Labute approximate surface area is 104 Å². The Morgan fingerprint density at radius 2 is 1.39 bits per heavy atom. The van der Waals surface area contributed by atoms with E-state index < -0.39 is 29.8 Å². The van der Waals surface area contributed by atoms with Crippen molar-refractivity contribution >= 4 is 11.8 Å². The maximum Gasteiger partial charge on any atom is 0.266 e. The summed E-state index contributed by atoms with van der Waals surface area (Å²) in [5.41, 5.74) is 3.95. The minimum atomic E-state index is -1.06. The molecule has 1 spiro atoms. The van der Waals surface area contributed by atoms with Crippen molar-refractivity contribution < 1.29 is 19.1 Å². The van der Waals surface area contributed by atoms with Crippen LogP contribution in [0.4, 0.5) is 0 Å². The Balaban J connectivity index is 2.16. The molecule has 8 nitrogen and oxygen atoms in total. The van der Waals surface area contributed by atoms with Crippen LogP contribution in [0.1, 0.15) is 32.1 Å². The Hall–Kier alpha value is -1.22. The van der Waals surface area contributed by atoms with E-state index in [0.29, 0.717) is 12.8 Å². The van der Waals surface area contributed by atoms with Gasteiger partial charge in [0.1, 0.15) is 0 Å². The quantitative estimate of drug-likeness (QED) is 0.268. The SMILES string of the molecule is NNC(=O)[C@@H]1OC2(CCCCC2)O[C@H]1C(=O)NN. The van der Waals surface area contributed by atoms with Gasteiger partial charge in [0, 0.05) is 12.8 Å². The molecule has 1 aliphatic heterocycles. The summed E-state index contributed by atoms with van der Waals surface area (Å²) in [6.45, 7) is 0.